The number of allylic oxidation sites excluding steroid dienone is 1. The van der Waals surface area contributed by atoms with E-state index in [2.05, 4.69) is 4.99 Å². The van der Waals surface area contributed by atoms with E-state index >= 15 is 0 Å². The molecule has 0 aromatic heterocycles. The Morgan fingerprint density at radius 3 is 2.12 bits per heavy atom. The van der Waals surface area contributed by atoms with Gasteiger partial charge in [0.1, 0.15) is 5.84 Å². The smallest absolute Gasteiger partial charge is 0.358 e. The summed E-state index contributed by atoms with van der Waals surface area (Å²) in [6, 6.07) is 0. The molecule has 0 unspecified atom stereocenters. The first-order valence-electron chi connectivity index (χ1n) is 4.74. The van der Waals surface area contributed by atoms with Crippen LogP contribution in [0.15, 0.2) is 16.6 Å². The molecule has 0 bridgehead atoms. The molecule has 0 aromatic rings. The van der Waals surface area contributed by atoms with Crippen LogP contribution in [-0.4, -0.2) is 48.6 Å². The Hall–Kier alpha value is -1.21. The molecular weight excluding hydrogens is 250 g/mol. The van der Waals surface area contributed by atoms with Crippen molar-refractivity contribution in [1.82, 2.24) is 4.90 Å². The van der Waals surface area contributed by atoms with Gasteiger partial charge in [-0.1, -0.05) is 0 Å². The lowest BCUT2D eigenvalue weighted by atomic mass is 10.1. The number of hydrogen-bond donors (Lipinski definition) is 0. The number of halogens is 6. The van der Waals surface area contributed by atoms with Gasteiger partial charge in [0.25, 0.3) is 0 Å². The Morgan fingerprint density at radius 2 is 1.76 bits per heavy atom. The van der Waals surface area contributed by atoms with Gasteiger partial charge in [-0.05, 0) is 0 Å². The quantitative estimate of drug-likeness (QED) is 0.658. The fraction of sp³-hybridized carbons (Fsp3) is 0.667. The van der Waals surface area contributed by atoms with Crippen LogP contribution in [0.2, 0.25) is 0 Å². The maximum absolute atomic E-state index is 13.3. The van der Waals surface area contributed by atoms with E-state index in [1.54, 1.807) is 0 Å². The summed E-state index contributed by atoms with van der Waals surface area (Å²) >= 11 is 0. The van der Waals surface area contributed by atoms with Gasteiger partial charge in [-0.2, -0.15) is 26.3 Å². The van der Waals surface area contributed by atoms with Crippen LogP contribution in [-0.2, 0) is 0 Å². The molecule has 2 rings (SSSR count). The van der Waals surface area contributed by atoms with Gasteiger partial charge < -0.3 is 4.90 Å². The second-order valence-electron chi connectivity index (χ2n) is 3.96. The molecule has 0 amide bonds. The number of aliphatic imine (C=N–C) groups is 1. The first kappa shape index (κ1) is 12.3. The van der Waals surface area contributed by atoms with Gasteiger partial charge in [0, 0.05) is 19.7 Å². The molecule has 2 aliphatic rings. The van der Waals surface area contributed by atoms with Crippen LogP contribution in [0.4, 0.5) is 26.3 Å². The van der Waals surface area contributed by atoms with E-state index in [9.17, 15) is 26.3 Å². The van der Waals surface area contributed by atoms with Gasteiger partial charge in [0.05, 0.1) is 12.1 Å². The zero-order valence-corrected chi connectivity index (χ0v) is 8.65. The van der Waals surface area contributed by atoms with Crippen molar-refractivity contribution in [3.05, 3.63) is 11.6 Å². The van der Waals surface area contributed by atoms with Crippen LogP contribution in [0.5, 0.6) is 0 Å². The number of rotatable bonds is 1. The topological polar surface area (TPSA) is 15.6 Å². The third kappa shape index (κ3) is 1.39. The highest BCUT2D eigenvalue weighted by atomic mass is 19.3. The molecule has 0 atom stereocenters. The van der Waals surface area contributed by atoms with E-state index in [4.69, 9.17) is 0 Å². The highest BCUT2D eigenvalue weighted by Crippen LogP contribution is 2.56. The molecule has 0 saturated carbocycles. The average molecular weight is 258 g/mol. The second kappa shape index (κ2) is 3.17. The molecule has 1 heterocycles. The minimum Gasteiger partial charge on any atom is -0.358 e. The van der Waals surface area contributed by atoms with E-state index in [-0.39, 0.29) is 19.2 Å². The molecule has 0 fully saturated rings. The molecule has 0 radical (unpaired) electrons. The summed E-state index contributed by atoms with van der Waals surface area (Å²) in [5, 5.41) is 0. The maximum Gasteiger partial charge on any atom is 0.380 e. The lowest BCUT2D eigenvalue weighted by Crippen LogP contribution is -2.49. The maximum atomic E-state index is 13.3. The van der Waals surface area contributed by atoms with Crippen molar-refractivity contribution in [1.29, 1.82) is 0 Å². The largest absolute Gasteiger partial charge is 0.380 e. The van der Waals surface area contributed by atoms with Gasteiger partial charge in [0.15, 0.2) is 0 Å². The lowest BCUT2D eigenvalue weighted by molar-refractivity contribution is -0.261. The van der Waals surface area contributed by atoms with Crippen LogP contribution in [0.3, 0.4) is 0 Å². The zero-order valence-electron chi connectivity index (χ0n) is 8.65. The summed E-state index contributed by atoms with van der Waals surface area (Å²) in [4.78, 5) is 4.70. The SMILES string of the molecule is CN1CCN=C1C1=CC(F)(F)C(F)(F)C1(F)F. The van der Waals surface area contributed by atoms with Crippen molar-refractivity contribution in [3.8, 4) is 0 Å². The molecule has 0 saturated heterocycles. The standard InChI is InChI=1S/C9H8F6N2/c1-17-3-2-16-6(17)5-4-7(10,11)9(14,15)8(5,12)13/h4H,2-3H2,1H3. The first-order valence-corrected chi connectivity index (χ1v) is 4.74. The highest BCUT2D eigenvalue weighted by Gasteiger charge is 2.77. The first-order chi connectivity index (χ1) is 7.61. The minimum atomic E-state index is -5.42. The van der Waals surface area contributed by atoms with Crippen molar-refractivity contribution >= 4 is 5.84 Å². The van der Waals surface area contributed by atoms with E-state index in [0.717, 1.165) is 4.90 Å². The Labute approximate surface area is 92.6 Å². The fourth-order valence-electron chi connectivity index (χ4n) is 1.77. The van der Waals surface area contributed by atoms with Gasteiger partial charge in [0.2, 0.25) is 0 Å². The number of amidine groups is 1. The van der Waals surface area contributed by atoms with Crippen LogP contribution in [0.25, 0.3) is 0 Å². The Balaban J connectivity index is 2.49. The van der Waals surface area contributed by atoms with Crippen molar-refractivity contribution in [2.45, 2.75) is 17.8 Å². The summed E-state index contributed by atoms with van der Waals surface area (Å²) in [7, 11) is 1.33. The Bertz CT molecular complexity index is 412. The Morgan fingerprint density at radius 1 is 1.18 bits per heavy atom. The summed E-state index contributed by atoms with van der Waals surface area (Å²) in [6.45, 7) is 0.357. The highest BCUT2D eigenvalue weighted by molar-refractivity contribution is 6.01. The molecule has 0 aromatic carbocycles. The second-order valence-corrected chi connectivity index (χ2v) is 3.96. The van der Waals surface area contributed by atoms with Crippen LogP contribution in [0, 0.1) is 0 Å². The van der Waals surface area contributed by atoms with Crippen molar-refractivity contribution < 1.29 is 26.3 Å². The van der Waals surface area contributed by atoms with Gasteiger partial charge in [-0.15, -0.1) is 0 Å². The summed E-state index contributed by atoms with van der Waals surface area (Å²) < 4.78 is 78.2. The monoisotopic (exact) mass is 258 g/mol. The molecular formula is C9H8F6N2. The number of hydrogen-bond acceptors (Lipinski definition) is 2. The molecule has 17 heavy (non-hydrogen) atoms. The minimum absolute atomic E-state index is 0.121. The molecule has 1 aliphatic carbocycles. The molecule has 0 spiro atoms. The molecule has 2 nitrogen and oxygen atoms in total. The van der Waals surface area contributed by atoms with Crippen molar-refractivity contribution in [3.63, 3.8) is 0 Å². The predicted molar refractivity (Wildman–Crippen MR) is 47.9 cm³/mol. The van der Waals surface area contributed by atoms with Crippen molar-refractivity contribution in [2.24, 2.45) is 4.99 Å². The van der Waals surface area contributed by atoms with Crippen LogP contribution in [0.1, 0.15) is 0 Å². The third-order valence-electron chi connectivity index (χ3n) is 2.78. The van der Waals surface area contributed by atoms with Gasteiger partial charge in [-0.3, -0.25) is 4.99 Å². The average Bonchev–Trinajstić information content (AvgIpc) is 2.63. The lowest BCUT2D eigenvalue weighted by Gasteiger charge is -2.26. The van der Waals surface area contributed by atoms with E-state index in [1.807, 2.05) is 0 Å². The van der Waals surface area contributed by atoms with E-state index in [0.29, 0.717) is 0 Å². The fourth-order valence-corrected chi connectivity index (χ4v) is 1.77. The summed E-state index contributed by atoms with van der Waals surface area (Å²) in [5.41, 5.74) is -1.40. The van der Waals surface area contributed by atoms with Crippen LogP contribution >= 0.6 is 0 Å². The molecule has 1 aliphatic heterocycles. The zero-order chi connectivity index (χ0) is 13.1. The summed E-state index contributed by atoms with van der Waals surface area (Å²) in [5.74, 6) is -15.7. The molecule has 96 valence electrons. The number of nitrogens with zero attached hydrogens (tertiary/aromatic N) is 2. The van der Waals surface area contributed by atoms with E-state index < -0.39 is 29.2 Å². The number of likely N-dealkylation sites (N-methyl/N-ethyl adjacent to an activating group) is 1. The number of alkyl halides is 6. The normalized spacial score (nSPS) is 29.2. The van der Waals surface area contributed by atoms with E-state index in [1.165, 1.54) is 7.05 Å². The van der Waals surface area contributed by atoms with Gasteiger partial charge >= 0.3 is 17.8 Å². The Kier molecular flexibility index (Phi) is 2.28. The third-order valence-corrected chi connectivity index (χ3v) is 2.78. The van der Waals surface area contributed by atoms with Crippen LogP contribution < -0.4 is 0 Å². The summed E-state index contributed by atoms with van der Waals surface area (Å²) in [6.07, 6.45) is -0.381. The van der Waals surface area contributed by atoms with Crippen molar-refractivity contribution in [2.75, 3.05) is 20.1 Å². The molecule has 8 heteroatoms. The molecule has 0 N–H and O–H groups in total. The predicted octanol–water partition coefficient (Wildman–Crippen LogP) is 2.18. The van der Waals surface area contributed by atoms with Gasteiger partial charge in [-0.25, -0.2) is 0 Å².